The Balaban J connectivity index is 2.04. The second-order valence-corrected chi connectivity index (χ2v) is 5.84. The van der Waals surface area contributed by atoms with Crippen molar-refractivity contribution in [2.75, 3.05) is 6.54 Å². The molecule has 1 aromatic heterocycles. The van der Waals surface area contributed by atoms with Crippen LogP contribution >= 0.6 is 11.8 Å². The number of H-pyrrole nitrogens is 1. The highest BCUT2D eigenvalue weighted by atomic mass is 32.2. The zero-order chi connectivity index (χ0) is 13.2. The first-order valence-electron chi connectivity index (χ1n) is 6.04. The minimum absolute atomic E-state index is 0.200. The van der Waals surface area contributed by atoms with Gasteiger partial charge in [-0.2, -0.15) is 5.26 Å². The van der Waals surface area contributed by atoms with E-state index in [1.165, 1.54) is 4.57 Å². The van der Waals surface area contributed by atoms with Gasteiger partial charge in [0, 0.05) is 12.3 Å². The first kappa shape index (κ1) is 13.2. The topological polar surface area (TPSA) is 86.5 Å². The first-order valence-corrected chi connectivity index (χ1v) is 6.92. The average Bonchev–Trinajstić information content (AvgIpc) is 2.90. The SMILES string of the molecule is CCNC1(C#N)CCC(Sc2n[nH]c(=O)n2C)C1. The van der Waals surface area contributed by atoms with Gasteiger partial charge in [0.05, 0.1) is 6.07 Å². The van der Waals surface area contributed by atoms with Gasteiger partial charge in [-0.1, -0.05) is 18.7 Å². The van der Waals surface area contributed by atoms with Gasteiger partial charge in [0.1, 0.15) is 5.54 Å². The van der Waals surface area contributed by atoms with E-state index in [0.717, 1.165) is 25.8 Å². The Labute approximate surface area is 110 Å². The lowest BCUT2D eigenvalue weighted by atomic mass is 10.0. The van der Waals surface area contributed by atoms with Gasteiger partial charge in [0.2, 0.25) is 0 Å². The van der Waals surface area contributed by atoms with Crippen LogP contribution < -0.4 is 11.0 Å². The number of aromatic amines is 1. The summed E-state index contributed by atoms with van der Waals surface area (Å²) in [4.78, 5) is 11.3. The van der Waals surface area contributed by atoms with Crippen LogP contribution in [0.1, 0.15) is 26.2 Å². The highest BCUT2D eigenvalue weighted by Gasteiger charge is 2.39. The minimum Gasteiger partial charge on any atom is -0.300 e. The molecule has 0 bridgehead atoms. The number of rotatable bonds is 4. The molecule has 1 aromatic rings. The molecular weight excluding hydrogens is 250 g/mol. The van der Waals surface area contributed by atoms with Crippen LogP contribution in [0.2, 0.25) is 0 Å². The second-order valence-electron chi connectivity index (χ2n) is 4.58. The van der Waals surface area contributed by atoms with E-state index in [9.17, 15) is 10.1 Å². The number of thioether (sulfide) groups is 1. The molecule has 0 amide bonds. The molecule has 7 heteroatoms. The van der Waals surface area contributed by atoms with Crippen LogP contribution in [0.15, 0.2) is 9.95 Å². The summed E-state index contributed by atoms with van der Waals surface area (Å²) in [5.74, 6) is 0. The number of hydrogen-bond donors (Lipinski definition) is 2. The molecule has 0 aromatic carbocycles. The van der Waals surface area contributed by atoms with Crippen molar-refractivity contribution >= 4 is 11.8 Å². The van der Waals surface area contributed by atoms with Gasteiger partial charge in [-0.3, -0.25) is 9.88 Å². The van der Waals surface area contributed by atoms with Gasteiger partial charge < -0.3 is 0 Å². The van der Waals surface area contributed by atoms with E-state index in [0.29, 0.717) is 10.4 Å². The first-order chi connectivity index (χ1) is 8.60. The van der Waals surface area contributed by atoms with Crippen molar-refractivity contribution in [3.8, 4) is 6.07 Å². The summed E-state index contributed by atoms with van der Waals surface area (Å²) in [6.07, 6.45) is 2.61. The van der Waals surface area contributed by atoms with Crippen molar-refractivity contribution in [3.05, 3.63) is 10.5 Å². The molecule has 1 saturated carbocycles. The zero-order valence-electron chi connectivity index (χ0n) is 10.6. The highest BCUT2D eigenvalue weighted by molar-refractivity contribution is 7.99. The summed E-state index contributed by atoms with van der Waals surface area (Å²) in [5.41, 5.74) is -0.601. The Morgan fingerprint density at radius 2 is 2.56 bits per heavy atom. The third kappa shape index (κ3) is 2.44. The third-order valence-electron chi connectivity index (χ3n) is 3.31. The summed E-state index contributed by atoms with van der Waals surface area (Å²) >= 11 is 1.57. The molecule has 1 aliphatic carbocycles. The van der Waals surface area contributed by atoms with Crippen LogP contribution in [0.25, 0.3) is 0 Å². The number of nitrogens with zero attached hydrogens (tertiary/aromatic N) is 3. The number of aromatic nitrogens is 3. The van der Waals surface area contributed by atoms with E-state index >= 15 is 0 Å². The predicted molar refractivity (Wildman–Crippen MR) is 69.3 cm³/mol. The van der Waals surface area contributed by atoms with Gasteiger partial charge >= 0.3 is 5.69 Å². The molecule has 1 fully saturated rings. The fraction of sp³-hybridized carbons (Fsp3) is 0.727. The third-order valence-corrected chi connectivity index (χ3v) is 4.62. The van der Waals surface area contributed by atoms with E-state index in [2.05, 4.69) is 21.6 Å². The van der Waals surface area contributed by atoms with Crippen molar-refractivity contribution in [1.82, 2.24) is 20.1 Å². The molecule has 2 atom stereocenters. The highest BCUT2D eigenvalue weighted by Crippen LogP contribution is 2.38. The standard InChI is InChI=1S/C11H17N5OS/c1-3-13-11(7-12)5-4-8(6-11)18-10-15-14-9(17)16(10)2/h8,13H,3-6H2,1-2H3,(H,14,17). The molecule has 0 aliphatic heterocycles. The lowest BCUT2D eigenvalue weighted by molar-refractivity contribution is 0.436. The quantitative estimate of drug-likeness (QED) is 0.835. The van der Waals surface area contributed by atoms with Crippen LogP contribution in [0.3, 0.4) is 0 Å². The van der Waals surface area contributed by atoms with Gasteiger partial charge in [-0.05, 0) is 25.8 Å². The maximum Gasteiger partial charge on any atom is 0.343 e. The molecule has 18 heavy (non-hydrogen) atoms. The van der Waals surface area contributed by atoms with Crippen molar-refractivity contribution < 1.29 is 0 Å². The molecular formula is C11H17N5OS. The molecule has 2 N–H and O–H groups in total. The Kier molecular flexibility index (Phi) is 3.78. The van der Waals surface area contributed by atoms with Crippen LogP contribution in [-0.4, -0.2) is 32.1 Å². The molecule has 0 spiro atoms. The maximum atomic E-state index is 11.3. The lowest BCUT2D eigenvalue weighted by Gasteiger charge is -2.21. The number of hydrogen-bond acceptors (Lipinski definition) is 5. The largest absolute Gasteiger partial charge is 0.343 e. The van der Waals surface area contributed by atoms with E-state index in [-0.39, 0.29) is 5.69 Å². The molecule has 0 radical (unpaired) electrons. The molecule has 2 rings (SSSR count). The second kappa shape index (κ2) is 5.16. The van der Waals surface area contributed by atoms with Gasteiger partial charge in [-0.15, -0.1) is 5.10 Å². The number of nitriles is 1. The van der Waals surface area contributed by atoms with E-state index < -0.39 is 5.54 Å². The summed E-state index contributed by atoms with van der Waals surface area (Å²) in [6, 6.07) is 2.39. The lowest BCUT2D eigenvalue weighted by Crippen LogP contribution is -2.41. The number of nitrogens with one attached hydrogen (secondary N) is 2. The zero-order valence-corrected chi connectivity index (χ0v) is 11.4. The van der Waals surface area contributed by atoms with Crippen LogP contribution in [0, 0.1) is 11.3 Å². The van der Waals surface area contributed by atoms with Crippen molar-refractivity contribution in [2.45, 2.75) is 42.1 Å². The summed E-state index contributed by atoms with van der Waals surface area (Å²) in [6.45, 7) is 2.81. The maximum absolute atomic E-state index is 11.3. The Bertz CT molecular complexity index is 516. The van der Waals surface area contributed by atoms with Crippen molar-refractivity contribution in [3.63, 3.8) is 0 Å². The average molecular weight is 267 g/mol. The summed E-state index contributed by atoms with van der Waals surface area (Å²) in [7, 11) is 1.70. The van der Waals surface area contributed by atoms with Gasteiger partial charge in [0.15, 0.2) is 5.16 Å². The van der Waals surface area contributed by atoms with E-state index in [1.54, 1.807) is 18.8 Å². The Hall–Kier alpha value is -1.26. The molecule has 98 valence electrons. The summed E-state index contributed by atoms with van der Waals surface area (Å²) < 4.78 is 1.50. The van der Waals surface area contributed by atoms with E-state index in [4.69, 9.17) is 0 Å². The molecule has 6 nitrogen and oxygen atoms in total. The van der Waals surface area contributed by atoms with E-state index in [1.807, 2.05) is 6.92 Å². The molecule has 1 aliphatic rings. The fourth-order valence-electron chi connectivity index (χ4n) is 2.33. The Morgan fingerprint density at radius 3 is 3.11 bits per heavy atom. The predicted octanol–water partition coefficient (Wildman–Crippen LogP) is 0.625. The minimum atomic E-state index is -0.401. The summed E-state index contributed by atoms with van der Waals surface area (Å²) in [5, 5.41) is 20.0. The molecule has 1 heterocycles. The van der Waals surface area contributed by atoms with Crippen LogP contribution in [0.4, 0.5) is 0 Å². The van der Waals surface area contributed by atoms with Gasteiger partial charge in [0.25, 0.3) is 0 Å². The van der Waals surface area contributed by atoms with Crippen LogP contribution in [0.5, 0.6) is 0 Å². The molecule has 2 unspecified atom stereocenters. The van der Waals surface area contributed by atoms with Gasteiger partial charge in [-0.25, -0.2) is 9.89 Å². The Morgan fingerprint density at radius 1 is 1.78 bits per heavy atom. The van der Waals surface area contributed by atoms with Crippen LogP contribution in [-0.2, 0) is 7.05 Å². The normalized spacial score (nSPS) is 27.3. The smallest absolute Gasteiger partial charge is 0.300 e. The molecule has 0 saturated heterocycles. The monoisotopic (exact) mass is 267 g/mol. The van der Waals surface area contributed by atoms with Crippen molar-refractivity contribution in [2.24, 2.45) is 7.05 Å². The fourth-order valence-corrected chi connectivity index (χ4v) is 3.57. The van der Waals surface area contributed by atoms with Crippen molar-refractivity contribution in [1.29, 1.82) is 5.26 Å².